The summed E-state index contributed by atoms with van der Waals surface area (Å²) < 4.78 is 29.7. The Kier molecular flexibility index (Phi) is 1.60. The van der Waals surface area contributed by atoms with E-state index in [1.54, 1.807) is 0 Å². The molecule has 0 bridgehead atoms. The molecule has 6 heteroatoms. The number of hydrogen-bond donors (Lipinski definition) is 2. The van der Waals surface area contributed by atoms with Crippen molar-refractivity contribution in [3.63, 3.8) is 0 Å². The minimum atomic E-state index is -3.83. The van der Waals surface area contributed by atoms with E-state index in [9.17, 15) is 13.6 Å². The number of anilines is 2. The zero-order chi connectivity index (χ0) is 10.3. The number of para-hydroxylation sites is 1. The van der Waals surface area contributed by atoms with E-state index in [1.807, 2.05) is 5.32 Å². The Morgan fingerprint density at radius 2 is 2.14 bits per heavy atom. The number of nitrogens with two attached hydrogens (primary N) is 1. The monoisotopic (exact) mass is 200 g/mol. The number of rotatable bonds is 0. The second-order valence-corrected chi connectivity index (χ2v) is 2.79. The number of ether oxygens (including phenoxy) is 1. The van der Waals surface area contributed by atoms with Crippen LogP contribution in [-0.2, 0) is 4.79 Å². The molecule has 0 saturated carbocycles. The Morgan fingerprint density at radius 1 is 1.43 bits per heavy atom. The topological polar surface area (TPSA) is 64.3 Å². The van der Waals surface area contributed by atoms with Gasteiger partial charge in [0.05, 0.1) is 5.69 Å². The van der Waals surface area contributed by atoms with Crippen LogP contribution in [0.2, 0.25) is 0 Å². The first-order valence-electron chi connectivity index (χ1n) is 3.77. The van der Waals surface area contributed by atoms with Crippen molar-refractivity contribution in [1.29, 1.82) is 0 Å². The van der Waals surface area contributed by atoms with Crippen LogP contribution in [0.5, 0.6) is 5.75 Å². The van der Waals surface area contributed by atoms with Crippen molar-refractivity contribution in [3.8, 4) is 5.75 Å². The Hall–Kier alpha value is -1.85. The largest absolute Gasteiger partial charge is 0.482 e. The van der Waals surface area contributed by atoms with Gasteiger partial charge in [0.1, 0.15) is 5.69 Å². The summed E-state index contributed by atoms with van der Waals surface area (Å²) >= 11 is 0. The molecular weight excluding hydrogens is 194 g/mol. The summed E-state index contributed by atoms with van der Waals surface area (Å²) in [6.45, 7) is 0. The van der Waals surface area contributed by atoms with Crippen molar-refractivity contribution in [2.45, 2.75) is 6.11 Å². The van der Waals surface area contributed by atoms with Crippen LogP contribution in [0, 0.1) is 0 Å². The average Bonchev–Trinajstić information content (AvgIpc) is 2.08. The van der Waals surface area contributed by atoms with Gasteiger partial charge in [0.25, 0.3) is 0 Å². The molecule has 1 aliphatic rings. The Bertz CT molecular complexity index is 406. The van der Waals surface area contributed by atoms with Gasteiger partial charge >= 0.3 is 12.0 Å². The fraction of sp³-hybridized carbons (Fsp3) is 0.125. The van der Waals surface area contributed by atoms with E-state index in [4.69, 9.17) is 5.73 Å². The summed E-state index contributed by atoms with van der Waals surface area (Å²) in [5.74, 6) is -1.64. The van der Waals surface area contributed by atoms with Crippen LogP contribution in [0.3, 0.4) is 0 Å². The number of nitrogens with one attached hydrogen (secondary N) is 1. The Balaban J connectivity index is 2.51. The number of carbonyl (C=O) groups excluding carboxylic acids is 1. The standard InChI is InChI=1S/C8H6F2N2O2/c9-8(10)7(13)12-6-4(11)2-1-3-5(6)14-8/h1-3H,11H2,(H,12,13). The molecule has 0 atom stereocenters. The molecule has 1 heterocycles. The molecule has 2 rings (SSSR count). The molecule has 3 N–H and O–H groups in total. The predicted molar refractivity (Wildman–Crippen MR) is 45.1 cm³/mol. The highest BCUT2D eigenvalue weighted by molar-refractivity contribution is 6.01. The van der Waals surface area contributed by atoms with Gasteiger partial charge in [-0.3, -0.25) is 4.79 Å². The van der Waals surface area contributed by atoms with Crippen LogP contribution in [-0.4, -0.2) is 12.0 Å². The van der Waals surface area contributed by atoms with E-state index < -0.39 is 12.0 Å². The fourth-order valence-corrected chi connectivity index (χ4v) is 1.14. The molecule has 1 amide bonds. The normalized spacial score (nSPS) is 18.0. The van der Waals surface area contributed by atoms with Crippen LogP contribution < -0.4 is 15.8 Å². The van der Waals surface area contributed by atoms with E-state index in [2.05, 4.69) is 4.74 Å². The maximum absolute atomic E-state index is 12.7. The van der Waals surface area contributed by atoms with E-state index in [0.29, 0.717) is 0 Å². The summed E-state index contributed by atoms with van der Waals surface area (Å²) in [7, 11) is 0. The molecule has 1 aromatic rings. The lowest BCUT2D eigenvalue weighted by Crippen LogP contribution is -2.43. The molecule has 74 valence electrons. The molecule has 14 heavy (non-hydrogen) atoms. The highest BCUT2D eigenvalue weighted by atomic mass is 19.3. The first-order valence-corrected chi connectivity index (χ1v) is 3.77. The van der Waals surface area contributed by atoms with Crippen LogP contribution in [0.25, 0.3) is 0 Å². The van der Waals surface area contributed by atoms with Crippen molar-refractivity contribution in [2.24, 2.45) is 0 Å². The van der Waals surface area contributed by atoms with Crippen LogP contribution in [0.1, 0.15) is 0 Å². The summed E-state index contributed by atoms with van der Waals surface area (Å²) in [6, 6.07) is 4.24. The molecule has 0 aliphatic carbocycles. The van der Waals surface area contributed by atoms with Crippen LogP contribution in [0.15, 0.2) is 18.2 Å². The quantitative estimate of drug-likeness (QED) is 0.618. The maximum atomic E-state index is 12.7. The first kappa shape index (κ1) is 8.74. The summed E-state index contributed by atoms with van der Waals surface area (Å²) in [4.78, 5) is 10.8. The molecule has 0 aromatic heterocycles. The molecule has 1 aromatic carbocycles. The first-order chi connectivity index (χ1) is 6.50. The maximum Gasteiger partial charge on any atom is 0.482 e. The van der Waals surface area contributed by atoms with Crippen molar-refractivity contribution in [2.75, 3.05) is 11.1 Å². The van der Waals surface area contributed by atoms with E-state index in [-0.39, 0.29) is 17.1 Å². The average molecular weight is 200 g/mol. The van der Waals surface area contributed by atoms with Gasteiger partial charge in [-0.1, -0.05) is 6.07 Å². The number of nitrogen functional groups attached to an aromatic ring is 1. The number of carbonyl (C=O) groups is 1. The van der Waals surface area contributed by atoms with Gasteiger partial charge in [0.2, 0.25) is 0 Å². The zero-order valence-electron chi connectivity index (χ0n) is 6.88. The molecule has 0 saturated heterocycles. The molecular formula is C8H6F2N2O2. The number of halogens is 2. The van der Waals surface area contributed by atoms with Gasteiger partial charge in [0.15, 0.2) is 5.75 Å². The minimum absolute atomic E-state index is 0.0865. The van der Waals surface area contributed by atoms with E-state index >= 15 is 0 Å². The lowest BCUT2D eigenvalue weighted by atomic mass is 10.2. The van der Waals surface area contributed by atoms with E-state index in [0.717, 1.165) is 0 Å². The number of amides is 1. The van der Waals surface area contributed by atoms with Gasteiger partial charge in [-0.05, 0) is 12.1 Å². The molecule has 0 fully saturated rings. The second-order valence-electron chi connectivity index (χ2n) is 2.79. The highest BCUT2D eigenvalue weighted by Gasteiger charge is 2.46. The smallest absolute Gasteiger partial charge is 0.423 e. The zero-order valence-corrected chi connectivity index (χ0v) is 6.88. The fourth-order valence-electron chi connectivity index (χ4n) is 1.14. The van der Waals surface area contributed by atoms with Gasteiger partial charge in [-0.25, -0.2) is 0 Å². The molecule has 0 radical (unpaired) electrons. The van der Waals surface area contributed by atoms with Gasteiger partial charge < -0.3 is 15.8 Å². The van der Waals surface area contributed by atoms with E-state index in [1.165, 1.54) is 18.2 Å². The lowest BCUT2D eigenvalue weighted by molar-refractivity contribution is -0.189. The third-order valence-electron chi connectivity index (χ3n) is 1.80. The van der Waals surface area contributed by atoms with Crippen molar-refractivity contribution in [3.05, 3.63) is 18.2 Å². The number of benzene rings is 1. The number of alkyl halides is 2. The van der Waals surface area contributed by atoms with Crippen molar-refractivity contribution < 1.29 is 18.3 Å². The summed E-state index contributed by atoms with van der Waals surface area (Å²) in [5, 5.41) is 1.98. The molecule has 4 nitrogen and oxygen atoms in total. The van der Waals surface area contributed by atoms with Gasteiger partial charge in [-0.2, -0.15) is 8.78 Å². The summed E-state index contributed by atoms with van der Waals surface area (Å²) in [6.07, 6.45) is -3.83. The van der Waals surface area contributed by atoms with Crippen LogP contribution >= 0.6 is 0 Å². The Morgan fingerprint density at radius 3 is 2.86 bits per heavy atom. The van der Waals surface area contributed by atoms with Gasteiger partial charge in [0, 0.05) is 0 Å². The van der Waals surface area contributed by atoms with Crippen molar-refractivity contribution >= 4 is 17.3 Å². The number of hydrogen-bond acceptors (Lipinski definition) is 3. The van der Waals surface area contributed by atoms with Gasteiger partial charge in [-0.15, -0.1) is 0 Å². The lowest BCUT2D eigenvalue weighted by Gasteiger charge is -2.25. The predicted octanol–water partition coefficient (Wildman–Crippen LogP) is 1.19. The molecule has 1 aliphatic heterocycles. The van der Waals surface area contributed by atoms with Crippen LogP contribution in [0.4, 0.5) is 20.2 Å². The molecule has 0 unspecified atom stereocenters. The summed E-state index contributed by atoms with van der Waals surface area (Å²) in [5.41, 5.74) is 5.73. The number of fused-ring (bicyclic) bond motifs is 1. The SMILES string of the molecule is Nc1cccc2c1NC(=O)C(F)(F)O2. The second kappa shape index (κ2) is 2.57. The third kappa shape index (κ3) is 1.15. The third-order valence-corrected chi connectivity index (χ3v) is 1.80. The highest BCUT2D eigenvalue weighted by Crippen LogP contribution is 2.38. The molecule has 0 spiro atoms. The minimum Gasteiger partial charge on any atom is -0.423 e. The Labute approximate surface area is 77.7 Å². The van der Waals surface area contributed by atoms with Crippen molar-refractivity contribution in [1.82, 2.24) is 0 Å².